The molecule has 0 bridgehead atoms. The third-order valence-electron chi connectivity index (χ3n) is 4.61. The van der Waals surface area contributed by atoms with Gasteiger partial charge in [-0.25, -0.2) is 8.42 Å². The summed E-state index contributed by atoms with van der Waals surface area (Å²) in [5.74, 6) is 1.00. The van der Waals surface area contributed by atoms with Gasteiger partial charge in [-0.05, 0) is 48.4 Å². The zero-order chi connectivity index (χ0) is 26.1. The predicted molar refractivity (Wildman–Crippen MR) is 135 cm³/mol. The molecule has 188 valence electrons. The molecule has 0 unspecified atom stereocenters. The Morgan fingerprint density at radius 1 is 1.14 bits per heavy atom. The number of amides is 1. The lowest BCUT2D eigenvalue weighted by Crippen LogP contribution is -2.13. The van der Waals surface area contributed by atoms with Crippen LogP contribution in [-0.2, 0) is 14.6 Å². The average molecular weight is 529 g/mol. The maximum atomic E-state index is 12.5. The van der Waals surface area contributed by atoms with E-state index in [1.165, 1.54) is 13.2 Å². The van der Waals surface area contributed by atoms with Gasteiger partial charge in [-0.15, -0.1) is 10.2 Å². The molecule has 0 saturated heterocycles. The van der Waals surface area contributed by atoms with Gasteiger partial charge in [-0.2, -0.15) is 5.26 Å². The van der Waals surface area contributed by atoms with Crippen molar-refractivity contribution in [3.05, 3.63) is 59.2 Å². The first-order chi connectivity index (χ1) is 17.2. The van der Waals surface area contributed by atoms with Gasteiger partial charge in [0.05, 0.1) is 20.3 Å². The molecule has 0 atom stereocenters. The Kier molecular flexibility index (Phi) is 8.99. The highest BCUT2D eigenvalue weighted by molar-refractivity contribution is 7.92. The smallest absolute Gasteiger partial charge is 0.268 e. The Hall–Kier alpha value is -3.95. The topological polar surface area (TPSA) is 140 Å². The van der Waals surface area contributed by atoms with Crippen molar-refractivity contribution in [3.63, 3.8) is 0 Å². The van der Waals surface area contributed by atoms with Crippen LogP contribution in [-0.4, -0.2) is 51.1 Å². The van der Waals surface area contributed by atoms with Crippen LogP contribution in [0.2, 0.25) is 0 Å². The molecule has 3 aromatic rings. The summed E-state index contributed by atoms with van der Waals surface area (Å²) in [6, 6.07) is 14.6. The number of carbonyl (C=O) groups excluding carboxylic acids is 1. The van der Waals surface area contributed by atoms with Gasteiger partial charge in [0.25, 0.3) is 5.91 Å². The fourth-order valence-corrected chi connectivity index (χ4v) is 4.42. The number of benzene rings is 2. The Balaban J connectivity index is 1.60. The van der Waals surface area contributed by atoms with Gasteiger partial charge in [0.2, 0.25) is 19.3 Å². The third kappa shape index (κ3) is 7.53. The summed E-state index contributed by atoms with van der Waals surface area (Å²) in [4.78, 5) is 12.5. The van der Waals surface area contributed by atoms with Gasteiger partial charge in [0, 0.05) is 12.7 Å². The lowest BCUT2D eigenvalue weighted by atomic mass is 10.1. The standard InChI is InChI=1S/C24H24N4O6S2/c1-16-6-4-7-19(12-16)33-10-5-11-34-20-9-8-17(14-21(20)32-2)13-18(15-25)22(29)26-23-27-28-24(35-23)36(3,30)31/h4,6-9,12-14H,5,10-11H2,1-3H3,(H,26,27,29)/b18-13-. The zero-order valence-corrected chi connectivity index (χ0v) is 21.5. The van der Waals surface area contributed by atoms with E-state index in [2.05, 4.69) is 15.5 Å². The molecule has 12 heteroatoms. The Bertz CT molecular complexity index is 1410. The van der Waals surface area contributed by atoms with Crippen molar-refractivity contribution in [1.29, 1.82) is 5.26 Å². The zero-order valence-electron chi connectivity index (χ0n) is 19.8. The van der Waals surface area contributed by atoms with E-state index >= 15 is 0 Å². The number of ether oxygens (including phenoxy) is 3. The van der Waals surface area contributed by atoms with Crippen LogP contribution in [0.1, 0.15) is 17.5 Å². The van der Waals surface area contributed by atoms with Crippen LogP contribution in [0, 0.1) is 18.3 Å². The van der Waals surface area contributed by atoms with Gasteiger partial charge in [-0.3, -0.25) is 10.1 Å². The summed E-state index contributed by atoms with van der Waals surface area (Å²) in [5.41, 5.74) is 1.44. The molecule has 2 aromatic carbocycles. The fraction of sp³-hybridized carbons (Fsp3) is 0.250. The van der Waals surface area contributed by atoms with E-state index in [1.807, 2.05) is 37.3 Å². The SMILES string of the molecule is COc1cc(/C=C(/C#N)C(=O)Nc2nnc(S(C)(=O)=O)s2)ccc1OCCCOc1cccc(C)c1. The number of aryl methyl sites for hydroxylation is 1. The van der Waals surface area contributed by atoms with Crippen molar-refractivity contribution < 1.29 is 27.4 Å². The maximum Gasteiger partial charge on any atom is 0.268 e. The van der Waals surface area contributed by atoms with Gasteiger partial charge < -0.3 is 14.2 Å². The van der Waals surface area contributed by atoms with Crippen LogP contribution in [0.5, 0.6) is 17.2 Å². The molecule has 0 aliphatic carbocycles. The van der Waals surface area contributed by atoms with Gasteiger partial charge in [-0.1, -0.05) is 29.5 Å². The minimum Gasteiger partial charge on any atom is -0.493 e. The van der Waals surface area contributed by atoms with Crippen molar-refractivity contribution in [3.8, 4) is 23.3 Å². The quantitative estimate of drug-likeness (QED) is 0.171. The van der Waals surface area contributed by atoms with E-state index in [0.717, 1.165) is 17.6 Å². The van der Waals surface area contributed by atoms with Crippen molar-refractivity contribution >= 4 is 38.3 Å². The largest absolute Gasteiger partial charge is 0.493 e. The lowest BCUT2D eigenvalue weighted by molar-refractivity contribution is -0.112. The first-order valence-corrected chi connectivity index (χ1v) is 13.4. The van der Waals surface area contributed by atoms with Crippen molar-refractivity contribution in [2.45, 2.75) is 17.7 Å². The minimum atomic E-state index is -3.55. The van der Waals surface area contributed by atoms with Crippen LogP contribution < -0.4 is 19.5 Å². The first kappa shape index (κ1) is 26.7. The van der Waals surface area contributed by atoms with Crippen molar-refractivity contribution in [2.24, 2.45) is 0 Å². The van der Waals surface area contributed by atoms with E-state index in [1.54, 1.807) is 18.2 Å². The van der Waals surface area contributed by atoms with E-state index in [4.69, 9.17) is 14.2 Å². The molecule has 1 amide bonds. The number of carbonyl (C=O) groups is 1. The van der Waals surface area contributed by atoms with Crippen LogP contribution >= 0.6 is 11.3 Å². The molecule has 1 aromatic heterocycles. The summed E-state index contributed by atoms with van der Waals surface area (Å²) in [5, 5.41) is 18.9. The van der Waals surface area contributed by atoms with Crippen LogP contribution in [0.4, 0.5) is 5.13 Å². The number of nitrogens with zero attached hydrogens (tertiary/aromatic N) is 3. The maximum absolute atomic E-state index is 12.5. The number of hydrogen-bond donors (Lipinski definition) is 1. The van der Waals surface area contributed by atoms with Gasteiger partial charge in [0.15, 0.2) is 11.5 Å². The molecular weight excluding hydrogens is 504 g/mol. The van der Waals surface area contributed by atoms with Crippen molar-refractivity contribution in [1.82, 2.24) is 10.2 Å². The van der Waals surface area contributed by atoms with Crippen LogP contribution in [0.15, 0.2) is 52.4 Å². The number of nitrogens with one attached hydrogen (secondary N) is 1. The van der Waals surface area contributed by atoms with Gasteiger partial charge >= 0.3 is 0 Å². The molecule has 0 spiro atoms. The first-order valence-electron chi connectivity index (χ1n) is 10.7. The van der Waals surface area contributed by atoms with E-state index in [9.17, 15) is 18.5 Å². The second-order valence-corrected chi connectivity index (χ2v) is 10.7. The van der Waals surface area contributed by atoms with Crippen LogP contribution in [0.3, 0.4) is 0 Å². The number of anilines is 1. The summed E-state index contributed by atoms with van der Waals surface area (Å²) in [6.45, 7) is 2.90. The molecule has 0 saturated carbocycles. The number of rotatable bonds is 11. The second-order valence-electron chi connectivity index (χ2n) is 7.55. The normalized spacial score (nSPS) is 11.4. The number of nitriles is 1. The Morgan fingerprint density at radius 2 is 1.92 bits per heavy atom. The number of methoxy groups -OCH3 is 1. The molecule has 36 heavy (non-hydrogen) atoms. The van der Waals surface area contributed by atoms with Gasteiger partial charge in [0.1, 0.15) is 17.4 Å². The molecule has 1 heterocycles. The van der Waals surface area contributed by atoms with Crippen LogP contribution in [0.25, 0.3) is 6.08 Å². The lowest BCUT2D eigenvalue weighted by Gasteiger charge is -2.12. The second kappa shape index (κ2) is 12.1. The summed E-state index contributed by atoms with van der Waals surface area (Å²) < 4.78 is 39.7. The van der Waals surface area contributed by atoms with E-state index < -0.39 is 15.7 Å². The van der Waals surface area contributed by atoms with E-state index in [0.29, 0.717) is 48.0 Å². The van der Waals surface area contributed by atoms with Crippen molar-refractivity contribution in [2.75, 3.05) is 31.9 Å². The highest BCUT2D eigenvalue weighted by Crippen LogP contribution is 2.29. The summed E-state index contributed by atoms with van der Waals surface area (Å²) in [7, 11) is -2.06. The molecule has 1 N–H and O–H groups in total. The summed E-state index contributed by atoms with van der Waals surface area (Å²) >= 11 is 0.696. The van der Waals surface area contributed by atoms with E-state index in [-0.39, 0.29) is 15.0 Å². The molecule has 3 rings (SSSR count). The molecule has 0 aliphatic rings. The highest BCUT2D eigenvalue weighted by Gasteiger charge is 2.17. The predicted octanol–water partition coefficient (Wildman–Crippen LogP) is 3.65. The average Bonchev–Trinajstić information content (AvgIpc) is 3.32. The summed E-state index contributed by atoms with van der Waals surface area (Å²) in [6.07, 6.45) is 3.01. The molecule has 0 fully saturated rings. The Labute approximate surface area is 213 Å². The highest BCUT2D eigenvalue weighted by atomic mass is 32.2. The fourth-order valence-electron chi connectivity index (χ4n) is 2.92. The molecule has 10 nitrogen and oxygen atoms in total. The monoisotopic (exact) mass is 528 g/mol. The minimum absolute atomic E-state index is 0.0331. The number of aromatic nitrogens is 2. The number of sulfone groups is 1. The molecule has 0 aliphatic heterocycles. The number of hydrogen-bond acceptors (Lipinski definition) is 10. The Morgan fingerprint density at radius 3 is 2.58 bits per heavy atom. The molecular formula is C24H24N4O6S2. The third-order valence-corrected chi connectivity index (χ3v) is 7.12. The molecule has 0 radical (unpaired) electrons.